The Morgan fingerprint density at radius 1 is 0.455 bits per heavy atom. The molecule has 0 bridgehead atoms. The molecule has 3 heterocycles. The van der Waals surface area contributed by atoms with E-state index < -0.39 is 190 Å². The van der Waals surface area contributed by atoms with E-state index in [-0.39, 0.29) is 36.5 Å². The van der Waals surface area contributed by atoms with Crippen molar-refractivity contribution in [3.63, 3.8) is 0 Å². The Labute approximate surface area is 291 Å². The van der Waals surface area contributed by atoms with E-state index in [4.69, 9.17) is 26.0 Å². The molecule has 0 saturated carbocycles. The minimum Gasteiger partial charge on any atom is -0.276 e. The minimum absolute atomic E-state index is 0.0744. The number of para-hydroxylation sites is 1. The number of rotatable bonds is 4. The van der Waals surface area contributed by atoms with E-state index in [9.17, 15) is 6.85 Å². The Kier molecular flexibility index (Phi) is 2.45. The molecule has 4 nitrogen and oxygen atoms in total. The van der Waals surface area contributed by atoms with Gasteiger partial charge in [0, 0.05) is 37.4 Å². The molecule has 6 aromatic carbocycles. The Balaban J connectivity index is 1.53. The highest BCUT2D eigenvalue weighted by molar-refractivity contribution is 7.26. The second-order valence-corrected chi connectivity index (χ2v) is 10.1. The van der Waals surface area contributed by atoms with Crippen LogP contribution in [0.25, 0.3) is 81.8 Å². The standard InChI is InChI=1S/C39H24N4S/c1-3-11-25(12-4-1)26-19-21-28(22-20-26)38-40-37(27-13-5-2-6-14-27)41-39(42-38)43-33-17-9-7-15-29(33)31-23-24-32-30-16-8-10-18-34(30)44-36(32)35(31)43/h1-24H/i1D,2D,3D,4D,5D,6D,7D,8D,9D,10D,11D,12D,13D,14D,15D,16D,17D,18D,19D,20D,21D,22D,23D,24D. The average Bonchev–Trinajstić information content (AvgIpc) is 3.89. The van der Waals surface area contributed by atoms with E-state index in [0.717, 1.165) is 4.57 Å². The lowest BCUT2D eigenvalue weighted by atomic mass is 10.0. The van der Waals surface area contributed by atoms with Crippen LogP contribution < -0.4 is 0 Å². The van der Waals surface area contributed by atoms with Crippen LogP contribution in [0, 0.1) is 0 Å². The first kappa shape index (κ1) is 10.8. The zero-order chi connectivity index (χ0) is 49.9. The molecular weight excluding hydrogens is 557 g/mol. The van der Waals surface area contributed by atoms with Crippen LogP contribution in [0.3, 0.4) is 0 Å². The van der Waals surface area contributed by atoms with Gasteiger partial charge in [-0.1, -0.05) is 133 Å². The molecule has 0 atom stereocenters. The van der Waals surface area contributed by atoms with Gasteiger partial charge >= 0.3 is 0 Å². The molecule has 0 fully saturated rings. The Morgan fingerprint density at radius 2 is 1.00 bits per heavy atom. The maximum atomic E-state index is 9.34. The fourth-order valence-electron chi connectivity index (χ4n) is 4.74. The molecule has 0 aliphatic heterocycles. The fourth-order valence-corrected chi connectivity index (χ4v) is 5.85. The summed E-state index contributed by atoms with van der Waals surface area (Å²) >= 11 is 0.715. The number of benzene rings is 6. The van der Waals surface area contributed by atoms with Crippen molar-refractivity contribution in [2.75, 3.05) is 0 Å². The predicted molar refractivity (Wildman–Crippen MR) is 183 cm³/mol. The average molecular weight is 605 g/mol. The van der Waals surface area contributed by atoms with Crippen LogP contribution >= 0.6 is 11.3 Å². The Hall–Kier alpha value is -5.65. The molecule has 206 valence electrons. The maximum absolute atomic E-state index is 9.34. The van der Waals surface area contributed by atoms with Crippen molar-refractivity contribution in [2.24, 2.45) is 0 Å². The molecule has 0 radical (unpaired) electrons. The smallest absolute Gasteiger partial charge is 0.238 e. The summed E-state index contributed by atoms with van der Waals surface area (Å²) in [6, 6.07) is -19.1. The summed E-state index contributed by atoms with van der Waals surface area (Å²) in [5.74, 6) is -2.34. The molecule has 0 amide bonds. The van der Waals surface area contributed by atoms with Crippen molar-refractivity contribution >= 4 is 53.3 Å². The summed E-state index contributed by atoms with van der Waals surface area (Å²) in [4.78, 5) is 13.3. The maximum Gasteiger partial charge on any atom is 0.238 e. The van der Waals surface area contributed by atoms with Crippen LogP contribution in [-0.2, 0) is 0 Å². The molecule has 44 heavy (non-hydrogen) atoms. The van der Waals surface area contributed by atoms with Crippen molar-refractivity contribution in [1.82, 2.24) is 19.5 Å². The molecule has 9 rings (SSSR count). The molecule has 0 saturated heterocycles. The third kappa shape index (κ3) is 3.94. The van der Waals surface area contributed by atoms with Crippen LogP contribution in [0.2, 0.25) is 0 Å². The summed E-state index contributed by atoms with van der Waals surface area (Å²) in [5, 5.41) is -1.06. The zero-order valence-electron chi connectivity index (χ0n) is 45.7. The third-order valence-corrected chi connectivity index (χ3v) is 7.72. The van der Waals surface area contributed by atoms with Crippen molar-refractivity contribution in [3.05, 3.63) is 145 Å². The lowest BCUT2D eigenvalue weighted by Gasteiger charge is -2.11. The highest BCUT2D eigenvalue weighted by atomic mass is 32.1. The Morgan fingerprint density at radius 3 is 1.75 bits per heavy atom. The normalized spacial score (nSPS) is 19.3. The molecule has 0 aliphatic rings. The van der Waals surface area contributed by atoms with Gasteiger partial charge in [0.15, 0.2) is 11.6 Å². The van der Waals surface area contributed by atoms with Crippen LogP contribution in [0.5, 0.6) is 0 Å². The first-order valence-electron chi connectivity index (χ1n) is 24.7. The summed E-state index contributed by atoms with van der Waals surface area (Å²) in [6.45, 7) is 0. The van der Waals surface area contributed by atoms with E-state index in [2.05, 4.69) is 15.0 Å². The summed E-state index contributed by atoms with van der Waals surface area (Å²) < 4.78 is 210. The van der Waals surface area contributed by atoms with E-state index >= 15 is 0 Å². The summed E-state index contributed by atoms with van der Waals surface area (Å²) in [5.41, 5.74) is -3.58. The second-order valence-electron chi connectivity index (χ2n) is 9.08. The van der Waals surface area contributed by atoms with E-state index in [1.54, 1.807) is 0 Å². The van der Waals surface area contributed by atoms with Crippen molar-refractivity contribution < 1.29 is 32.9 Å². The van der Waals surface area contributed by atoms with Gasteiger partial charge in [-0.25, -0.2) is 4.98 Å². The lowest BCUT2D eigenvalue weighted by molar-refractivity contribution is 0.955. The van der Waals surface area contributed by atoms with E-state index in [1.165, 1.54) is 0 Å². The van der Waals surface area contributed by atoms with Gasteiger partial charge in [-0.15, -0.1) is 11.3 Å². The fraction of sp³-hybridized carbons (Fsp3) is 0. The molecule has 0 spiro atoms. The number of hydrogen-bond donors (Lipinski definition) is 0. The summed E-state index contributed by atoms with van der Waals surface area (Å²) in [6.07, 6.45) is 0. The summed E-state index contributed by atoms with van der Waals surface area (Å²) in [7, 11) is 0. The minimum atomic E-state index is -0.969. The highest BCUT2D eigenvalue weighted by Crippen LogP contribution is 2.42. The second kappa shape index (κ2) is 9.97. The molecule has 3 aromatic heterocycles. The number of thiophene rings is 1. The van der Waals surface area contributed by atoms with Gasteiger partial charge in [0.2, 0.25) is 5.95 Å². The Bertz CT molecular complexity index is 3780. The quantitative estimate of drug-likeness (QED) is 0.201. The first-order chi connectivity index (χ1) is 31.8. The number of hydrogen-bond acceptors (Lipinski definition) is 4. The van der Waals surface area contributed by atoms with Crippen molar-refractivity contribution in [2.45, 2.75) is 0 Å². The topological polar surface area (TPSA) is 43.6 Å². The molecule has 9 aromatic rings. The third-order valence-electron chi connectivity index (χ3n) is 6.61. The lowest BCUT2D eigenvalue weighted by Crippen LogP contribution is -2.06. The van der Waals surface area contributed by atoms with Gasteiger partial charge < -0.3 is 0 Å². The van der Waals surface area contributed by atoms with Crippen LogP contribution in [0.1, 0.15) is 32.9 Å². The first-order valence-corrected chi connectivity index (χ1v) is 13.5. The van der Waals surface area contributed by atoms with Gasteiger partial charge in [0.05, 0.1) is 48.6 Å². The zero-order valence-corrected chi connectivity index (χ0v) is 22.5. The van der Waals surface area contributed by atoms with Gasteiger partial charge in [-0.2, -0.15) is 9.97 Å². The molecule has 0 N–H and O–H groups in total. The molecular formula is C39H24N4S. The van der Waals surface area contributed by atoms with Crippen molar-refractivity contribution in [3.8, 4) is 39.9 Å². The molecule has 0 unspecified atom stereocenters. The van der Waals surface area contributed by atoms with Crippen LogP contribution in [-0.4, -0.2) is 19.5 Å². The van der Waals surface area contributed by atoms with Crippen molar-refractivity contribution in [1.29, 1.82) is 0 Å². The molecule has 0 aliphatic carbocycles. The monoisotopic (exact) mass is 604 g/mol. The van der Waals surface area contributed by atoms with Crippen LogP contribution in [0.15, 0.2) is 145 Å². The van der Waals surface area contributed by atoms with E-state index in [1.807, 2.05) is 0 Å². The van der Waals surface area contributed by atoms with Gasteiger partial charge in [-0.05, 0) is 23.2 Å². The van der Waals surface area contributed by atoms with Gasteiger partial charge in [-0.3, -0.25) is 4.57 Å². The highest BCUT2D eigenvalue weighted by Gasteiger charge is 2.21. The number of fused-ring (bicyclic) bond motifs is 7. The molecule has 5 heteroatoms. The predicted octanol–water partition coefficient (Wildman–Crippen LogP) is 10.3. The largest absolute Gasteiger partial charge is 0.276 e. The number of nitrogens with zero attached hydrogens (tertiary/aromatic N) is 4. The van der Waals surface area contributed by atoms with E-state index in [0.29, 0.717) is 11.3 Å². The van der Waals surface area contributed by atoms with Gasteiger partial charge in [0.25, 0.3) is 0 Å². The van der Waals surface area contributed by atoms with Crippen LogP contribution in [0.4, 0.5) is 0 Å². The number of aromatic nitrogens is 4. The SMILES string of the molecule is [2H]c1c([2H])c([2H])c(-c2nc(-c3c([2H])c([2H])c(-c4c([2H])c([2H])c([2H])c([2H])c4[2H])c([2H])c3[2H])nc(-n3c4c([2H])c([2H])c([2H])c([2H])c4c4c([2H])c([2H])c5c(sc6c([2H])c([2H])c([2H])c([2H])c65)c43)n2)c([2H])c1[2H]. The van der Waals surface area contributed by atoms with Gasteiger partial charge in [0.1, 0.15) is 0 Å².